The molecule has 1 atom stereocenters. The summed E-state index contributed by atoms with van der Waals surface area (Å²) < 4.78 is 41.3. The molecule has 6 heteroatoms. The van der Waals surface area contributed by atoms with E-state index in [2.05, 4.69) is 4.74 Å². The highest BCUT2D eigenvalue weighted by molar-refractivity contribution is 5.82. The monoisotopic (exact) mass is 197 g/mol. The van der Waals surface area contributed by atoms with Crippen LogP contribution in [0.1, 0.15) is 12.8 Å². The van der Waals surface area contributed by atoms with Gasteiger partial charge in [-0.05, 0) is 18.8 Å². The van der Waals surface area contributed by atoms with Crippen LogP contribution in [0.25, 0.3) is 0 Å². The minimum absolute atomic E-state index is 0.325. The molecule has 76 valence electrons. The Balaban J connectivity index is 2.93. The average molecular weight is 197 g/mol. The van der Waals surface area contributed by atoms with Crippen LogP contribution in [0.3, 0.4) is 0 Å². The molecule has 0 aromatic heterocycles. The van der Waals surface area contributed by atoms with Crippen molar-refractivity contribution in [2.24, 2.45) is 11.7 Å². The largest absolute Gasteiger partial charge is 0.467 e. The Bertz CT molecular complexity index is 224. The van der Waals surface area contributed by atoms with E-state index in [0.717, 1.165) is 7.11 Å². The SMILES string of the molecule is COC(=O)C(N)(C1CC1)C(F)(F)F. The first-order chi connectivity index (χ1) is 5.84. The number of methoxy groups -OCH3 is 1. The van der Waals surface area contributed by atoms with E-state index >= 15 is 0 Å². The van der Waals surface area contributed by atoms with Crippen LogP contribution in [-0.4, -0.2) is 24.8 Å². The molecule has 0 aromatic rings. The van der Waals surface area contributed by atoms with Gasteiger partial charge in [-0.2, -0.15) is 13.2 Å². The fraction of sp³-hybridized carbons (Fsp3) is 0.857. The van der Waals surface area contributed by atoms with Gasteiger partial charge in [0.05, 0.1) is 7.11 Å². The van der Waals surface area contributed by atoms with Crippen molar-refractivity contribution in [2.45, 2.75) is 24.6 Å². The Labute approximate surface area is 73.0 Å². The zero-order valence-corrected chi connectivity index (χ0v) is 7.02. The fourth-order valence-corrected chi connectivity index (χ4v) is 1.22. The van der Waals surface area contributed by atoms with Crippen molar-refractivity contribution in [3.05, 3.63) is 0 Å². The number of carbonyl (C=O) groups is 1. The molecule has 1 unspecified atom stereocenters. The van der Waals surface area contributed by atoms with Crippen molar-refractivity contribution in [2.75, 3.05) is 7.11 Å². The quantitative estimate of drug-likeness (QED) is 0.667. The second-order valence-electron chi connectivity index (χ2n) is 3.13. The van der Waals surface area contributed by atoms with Crippen molar-refractivity contribution >= 4 is 5.97 Å². The van der Waals surface area contributed by atoms with Crippen LogP contribution in [0, 0.1) is 5.92 Å². The molecule has 0 amide bonds. The molecule has 0 radical (unpaired) electrons. The molecule has 0 spiro atoms. The topological polar surface area (TPSA) is 52.3 Å². The molecule has 2 N–H and O–H groups in total. The lowest BCUT2D eigenvalue weighted by Crippen LogP contribution is -2.61. The Hall–Kier alpha value is -0.780. The van der Waals surface area contributed by atoms with Crippen LogP contribution >= 0.6 is 0 Å². The van der Waals surface area contributed by atoms with E-state index in [1.807, 2.05) is 0 Å². The third-order valence-corrected chi connectivity index (χ3v) is 2.21. The Morgan fingerprint density at radius 3 is 2.15 bits per heavy atom. The van der Waals surface area contributed by atoms with Crippen molar-refractivity contribution in [1.29, 1.82) is 0 Å². The van der Waals surface area contributed by atoms with Crippen LogP contribution in [-0.2, 0) is 9.53 Å². The predicted octanol–water partition coefficient (Wildman–Crippen LogP) is 0.829. The van der Waals surface area contributed by atoms with Gasteiger partial charge in [0.25, 0.3) is 0 Å². The number of alkyl halides is 3. The third kappa shape index (κ3) is 1.50. The summed E-state index contributed by atoms with van der Waals surface area (Å²) in [6, 6.07) is 0. The maximum atomic E-state index is 12.4. The van der Waals surface area contributed by atoms with Crippen LogP contribution in [0.2, 0.25) is 0 Å². The van der Waals surface area contributed by atoms with E-state index in [0.29, 0.717) is 12.8 Å². The minimum Gasteiger partial charge on any atom is -0.467 e. The molecule has 1 aliphatic carbocycles. The van der Waals surface area contributed by atoms with Crippen molar-refractivity contribution in [3.8, 4) is 0 Å². The van der Waals surface area contributed by atoms with Gasteiger partial charge in [0.15, 0.2) is 0 Å². The summed E-state index contributed by atoms with van der Waals surface area (Å²) in [5.41, 5.74) is 2.23. The van der Waals surface area contributed by atoms with E-state index in [9.17, 15) is 18.0 Å². The summed E-state index contributed by atoms with van der Waals surface area (Å²) >= 11 is 0. The van der Waals surface area contributed by atoms with Crippen LogP contribution < -0.4 is 5.73 Å². The van der Waals surface area contributed by atoms with Crippen molar-refractivity contribution in [1.82, 2.24) is 0 Å². The van der Waals surface area contributed by atoms with Gasteiger partial charge >= 0.3 is 12.1 Å². The first kappa shape index (κ1) is 10.3. The molecular weight excluding hydrogens is 187 g/mol. The van der Waals surface area contributed by atoms with Gasteiger partial charge < -0.3 is 10.5 Å². The summed E-state index contributed by atoms with van der Waals surface area (Å²) in [6.45, 7) is 0. The fourth-order valence-electron chi connectivity index (χ4n) is 1.22. The van der Waals surface area contributed by atoms with E-state index in [4.69, 9.17) is 5.73 Å². The smallest absolute Gasteiger partial charge is 0.417 e. The maximum Gasteiger partial charge on any atom is 0.417 e. The Morgan fingerprint density at radius 1 is 1.46 bits per heavy atom. The van der Waals surface area contributed by atoms with Crippen LogP contribution in [0.15, 0.2) is 0 Å². The molecule has 0 aromatic carbocycles. The average Bonchev–Trinajstić information content (AvgIpc) is 2.81. The number of esters is 1. The first-order valence-corrected chi connectivity index (χ1v) is 3.78. The standard InChI is InChI=1S/C7H10F3NO2/c1-13-5(12)6(11,4-2-3-4)7(8,9)10/h4H,2-3,11H2,1H3. The summed E-state index contributed by atoms with van der Waals surface area (Å²) in [4.78, 5) is 10.9. The zero-order valence-electron chi connectivity index (χ0n) is 7.02. The molecule has 0 saturated heterocycles. The van der Waals surface area contributed by atoms with E-state index in [1.165, 1.54) is 0 Å². The maximum absolute atomic E-state index is 12.4. The normalized spacial score (nSPS) is 22.2. The highest BCUT2D eigenvalue weighted by atomic mass is 19.4. The molecule has 0 aliphatic heterocycles. The van der Waals surface area contributed by atoms with Gasteiger partial charge in [-0.3, -0.25) is 0 Å². The molecular formula is C7H10F3NO2. The number of ether oxygens (including phenoxy) is 1. The summed E-state index contributed by atoms with van der Waals surface area (Å²) in [5, 5.41) is 0. The molecule has 3 nitrogen and oxygen atoms in total. The van der Waals surface area contributed by atoms with Crippen molar-refractivity contribution < 1.29 is 22.7 Å². The highest BCUT2D eigenvalue weighted by Crippen LogP contribution is 2.47. The Morgan fingerprint density at radius 2 is 1.92 bits per heavy atom. The summed E-state index contributed by atoms with van der Waals surface area (Å²) in [7, 11) is 0.901. The predicted molar refractivity (Wildman–Crippen MR) is 37.7 cm³/mol. The number of halogens is 3. The third-order valence-electron chi connectivity index (χ3n) is 2.21. The molecule has 0 bridgehead atoms. The minimum atomic E-state index is -4.73. The lowest BCUT2D eigenvalue weighted by atomic mass is 9.94. The van der Waals surface area contributed by atoms with Crippen LogP contribution in [0.5, 0.6) is 0 Å². The molecule has 1 saturated carbocycles. The lowest BCUT2D eigenvalue weighted by molar-refractivity contribution is -0.208. The molecule has 1 fully saturated rings. The number of hydrogen-bond donors (Lipinski definition) is 1. The van der Waals surface area contributed by atoms with Gasteiger partial charge in [-0.25, -0.2) is 4.79 Å². The van der Waals surface area contributed by atoms with Gasteiger partial charge in [-0.15, -0.1) is 0 Å². The van der Waals surface area contributed by atoms with Crippen LogP contribution in [0.4, 0.5) is 13.2 Å². The number of carbonyl (C=O) groups excluding carboxylic acids is 1. The van der Waals surface area contributed by atoms with Gasteiger partial charge in [0.1, 0.15) is 0 Å². The van der Waals surface area contributed by atoms with Gasteiger partial charge in [0.2, 0.25) is 5.54 Å². The number of rotatable bonds is 2. The van der Waals surface area contributed by atoms with Crippen molar-refractivity contribution in [3.63, 3.8) is 0 Å². The highest BCUT2D eigenvalue weighted by Gasteiger charge is 2.66. The Kier molecular flexibility index (Phi) is 2.27. The lowest BCUT2D eigenvalue weighted by Gasteiger charge is -2.28. The second kappa shape index (κ2) is 2.87. The molecule has 0 heterocycles. The van der Waals surface area contributed by atoms with E-state index in [-0.39, 0.29) is 0 Å². The zero-order chi connectivity index (χ0) is 10.3. The van der Waals surface area contributed by atoms with E-state index in [1.54, 1.807) is 0 Å². The van der Waals surface area contributed by atoms with Gasteiger partial charge in [-0.1, -0.05) is 0 Å². The van der Waals surface area contributed by atoms with Gasteiger partial charge in [0, 0.05) is 0 Å². The molecule has 1 aliphatic rings. The summed E-state index contributed by atoms with van der Waals surface area (Å²) in [6.07, 6.45) is -4.09. The first-order valence-electron chi connectivity index (χ1n) is 3.78. The number of hydrogen-bond acceptors (Lipinski definition) is 3. The molecule has 13 heavy (non-hydrogen) atoms. The van der Waals surface area contributed by atoms with E-state index < -0.39 is 23.6 Å². The molecule has 1 rings (SSSR count). The summed E-state index contributed by atoms with van der Waals surface area (Å²) in [5.74, 6) is -2.22. The number of nitrogens with two attached hydrogens (primary N) is 1. The second-order valence-corrected chi connectivity index (χ2v) is 3.13.